The normalized spacial score (nSPS) is 29.3. The van der Waals surface area contributed by atoms with Crippen LogP contribution in [-0.4, -0.2) is 0 Å². The molecule has 0 N–H and O–H groups in total. The van der Waals surface area contributed by atoms with Crippen molar-refractivity contribution < 1.29 is 13.2 Å². The number of nitriles is 1. The molecule has 0 aliphatic heterocycles. The third-order valence-corrected chi connectivity index (χ3v) is 6.75. The fourth-order valence-electron chi connectivity index (χ4n) is 5.13. The lowest BCUT2D eigenvalue weighted by Gasteiger charge is -2.38. The maximum absolute atomic E-state index is 13.5. The van der Waals surface area contributed by atoms with Gasteiger partial charge < -0.3 is 0 Å². The summed E-state index contributed by atoms with van der Waals surface area (Å²) in [6, 6.07) is 5.88. The van der Waals surface area contributed by atoms with Gasteiger partial charge in [-0.1, -0.05) is 18.9 Å². The number of rotatable bonds is 5. The standard InChI is InChI=1S/C23H28F3N/c24-21(15-27)3-1-2-16-4-6-17(7-5-16)18-8-10-19(11-9-18)20-12-13-22(25)23(26)14-20/h3,12-14,16-19H,1-2,4-11H2/b21-3-. The molecular weight excluding hydrogens is 347 g/mol. The van der Waals surface area contributed by atoms with E-state index in [1.165, 1.54) is 62.8 Å². The molecule has 146 valence electrons. The molecule has 0 bridgehead atoms. The molecule has 0 amide bonds. The lowest BCUT2D eigenvalue weighted by Crippen LogP contribution is -2.25. The highest BCUT2D eigenvalue weighted by Gasteiger charge is 2.31. The smallest absolute Gasteiger partial charge is 0.196 e. The zero-order chi connectivity index (χ0) is 19.2. The van der Waals surface area contributed by atoms with Gasteiger partial charge >= 0.3 is 0 Å². The molecule has 2 aliphatic rings. The maximum Gasteiger partial charge on any atom is 0.196 e. The predicted molar refractivity (Wildman–Crippen MR) is 101 cm³/mol. The van der Waals surface area contributed by atoms with E-state index in [9.17, 15) is 13.2 Å². The van der Waals surface area contributed by atoms with Crippen LogP contribution in [0.1, 0.15) is 75.7 Å². The molecule has 0 unspecified atom stereocenters. The SMILES string of the molecule is N#C/C(F)=C/CCC1CCC(C2CCC(c3ccc(F)c(F)c3)CC2)CC1. The number of hydrogen-bond donors (Lipinski definition) is 0. The summed E-state index contributed by atoms with van der Waals surface area (Å²) >= 11 is 0. The van der Waals surface area contributed by atoms with E-state index in [-0.39, 0.29) is 0 Å². The van der Waals surface area contributed by atoms with Gasteiger partial charge in [0.15, 0.2) is 17.5 Å². The van der Waals surface area contributed by atoms with Crippen LogP contribution in [0.3, 0.4) is 0 Å². The zero-order valence-corrected chi connectivity index (χ0v) is 15.8. The Balaban J connectivity index is 1.42. The fourth-order valence-corrected chi connectivity index (χ4v) is 5.13. The highest BCUT2D eigenvalue weighted by molar-refractivity contribution is 5.22. The van der Waals surface area contributed by atoms with Crippen LogP contribution in [0.25, 0.3) is 0 Å². The van der Waals surface area contributed by atoms with E-state index in [4.69, 9.17) is 5.26 Å². The first-order valence-electron chi connectivity index (χ1n) is 10.3. The van der Waals surface area contributed by atoms with Crippen LogP contribution in [0, 0.1) is 40.7 Å². The third-order valence-electron chi connectivity index (χ3n) is 6.75. The average molecular weight is 375 g/mol. The van der Waals surface area contributed by atoms with Crippen molar-refractivity contribution in [2.45, 2.75) is 70.1 Å². The van der Waals surface area contributed by atoms with Gasteiger partial charge in [-0.05, 0) is 98.8 Å². The Morgan fingerprint density at radius 1 is 0.963 bits per heavy atom. The van der Waals surface area contributed by atoms with Gasteiger partial charge in [0.05, 0.1) is 0 Å². The lowest BCUT2D eigenvalue weighted by atomic mass is 9.68. The first-order chi connectivity index (χ1) is 13.1. The lowest BCUT2D eigenvalue weighted by molar-refractivity contribution is 0.157. The van der Waals surface area contributed by atoms with Crippen molar-refractivity contribution in [3.05, 3.63) is 47.3 Å². The molecule has 3 rings (SSSR count). The molecule has 27 heavy (non-hydrogen) atoms. The van der Waals surface area contributed by atoms with E-state index in [0.717, 1.165) is 36.7 Å². The van der Waals surface area contributed by atoms with E-state index in [0.29, 0.717) is 18.3 Å². The van der Waals surface area contributed by atoms with Crippen LogP contribution in [0.15, 0.2) is 30.1 Å². The molecule has 1 aromatic carbocycles. The maximum atomic E-state index is 13.5. The second-order valence-electron chi connectivity index (χ2n) is 8.31. The number of nitrogens with zero attached hydrogens (tertiary/aromatic N) is 1. The number of benzene rings is 1. The van der Waals surface area contributed by atoms with Crippen LogP contribution >= 0.6 is 0 Å². The number of allylic oxidation sites excluding steroid dienone is 2. The van der Waals surface area contributed by atoms with E-state index in [1.54, 1.807) is 6.07 Å². The predicted octanol–water partition coefficient (Wildman–Crippen LogP) is 7.20. The topological polar surface area (TPSA) is 23.8 Å². The minimum atomic E-state index is -0.768. The zero-order valence-electron chi connectivity index (χ0n) is 15.8. The molecule has 0 atom stereocenters. The fraction of sp³-hybridized carbons (Fsp3) is 0.609. The highest BCUT2D eigenvalue weighted by Crippen LogP contribution is 2.44. The highest BCUT2D eigenvalue weighted by atomic mass is 19.2. The van der Waals surface area contributed by atoms with Gasteiger partial charge in [0.25, 0.3) is 0 Å². The van der Waals surface area contributed by atoms with Crippen molar-refractivity contribution in [2.24, 2.45) is 17.8 Å². The summed E-state index contributed by atoms with van der Waals surface area (Å²) in [7, 11) is 0. The molecule has 0 spiro atoms. The molecule has 4 heteroatoms. The molecule has 1 aromatic rings. The Labute approximate surface area is 160 Å². The van der Waals surface area contributed by atoms with Gasteiger partial charge in [0.1, 0.15) is 6.07 Å². The van der Waals surface area contributed by atoms with Crippen LogP contribution in [0.2, 0.25) is 0 Å². The van der Waals surface area contributed by atoms with Crippen molar-refractivity contribution in [3.63, 3.8) is 0 Å². The van der Waals surface area contributed by atoms with Crippen LogP contribution in [-0.2, 0) is 0 Å². The summed E-state index contributed by atoms with van der Waals surface area (Å²) in [4.78, 5) is 0. The van der Waals surface area contributed by atoms with Crippen molar-refractivity contribution in [3.8, 4) is 6.07 Å². The monoisotopic (exact) mass is 375 g/mol. The summed E-state index contributed by atoms with van der Waals surface area (Å²) < 4.78 is 39.5. The number of hydrogen-bond acceptors (Lipinski definition) is 1. The molecular formula is C23H28F3N. The van der Waals surface area contributed by atoms with Gasteiger partial charge in [-0.15, -0.1) is 0 Å². The summed E-state index contributed by atoms with van der Waals surface area (Å²) in [6.07, 6.45) is 12.4. The molecule has 0 saturated heterocycles. The minimum absolute atomic E-state index is 0.356. The largest absolute Gasteiger partial charge is 0.204 e. The van der Waals surface area contributed by atoms with Crippen molar-refractivity contribution >= 4 is 0 Å². The summed E-state index contributed by atoms with van der Waals surface area (Å²) in [5.74, 6) is 0.368. The summed E-state index contributed by atoms with van der Waals surface area (Å²) in [5.41, 5.74) is 0.939. The van der Waals surface area contributed by atoms with Gasteiger partial charge in [-0.3, -0.25) is 0 Å². The average Bonchev–Trinajstić information content (AvgIpc) is 2.70. The Kier molecular flexibility index (Phi) is 6.99. The molecule has 0 aromatic heterocycles. The van der Waals surface area contributed by atoms with Crippen molar-refractivity contribution in [1.82, 2.24) is 0 Å². The second-order valence-corrected chi connectivity index (χ2v) is 8.31. The molecule has 2 saturated carbocycles. The molecule has 2 aliphatic carbocycles. The molecule has 1 nitrogen and oxygen atoms in total. The van der Waals surface area contributed by atoms with E-state index in [1.807, 2.05) is 0 Å². The Morgan fingerprint density at radius 3 is 2.19 bits per heavy atom. The molecule has 0 radical (unpaired) electrons. The minimum Gasteiger partial charge on any atom is -0.204 e. The van der Waals surface area contributed by atoms with Crippen molar-refractivity contribution in [1.29, 1.82) is 5.26 Å². The van der Waals surface area contributed by atoms with E-state index >= 15 is 0 Å². The summed E-state index contributed by atoms with van der Waals surface area (Å²) in [6.45, 7) is 0. The van der Waals surface area contributed by atoms with Gasteiger partial charge in [-0.25, -0.2) is 8.78 Å². The van der Waals surface area contributed by atoms with E-state index in [2.05, 4.69) is 0 Å². The second kappa shape index (κ2) is 9.44. The van der Waals surface area contributed by atoms with Crippen LogP contribution in [0.5, 0.6) is 0 Å². The van der Waals surface area contributed by atoms with E-state index < -0.39 is 17.5 Å². The van der Waals surface area contributed by atoms with Gasteiger partial charge in [0, 0.05) is 0 Å². The molecule has 2 fully saturated rings. The van der Waals surface area contributed by atoms with Crippen LogP contribution < -0.4 is 0 Å². The quantitative estimate of drug-likeness (QED) is 0.499. The Bertz CT molecular complexity index is 690. The van der Waals surface area contributed by atoms with Gasteiger partial charge in [-0.2, -0.15) is 9.65 Å². The van der Waals surface area contributed by atoms with Gasteiger partial charge in [0.2, 0.25) is 0 Å². The van der Waals surface area contributed by atoms with Crippen LogP contribution in [0.4, 0.5) is 13.2 Å². The van der Waals surface area contributed by atoms with Crippen molar-refractivity contribution in [2.75, 3.05) is 0 Å². The molecule has 0 heterocycles. The number of halogens is 3. The third kappa shape index (κ3) is 5.37. The summed E-state index contributed by atoms with van der Waals surface area (Å²) in [5, 5.41) is 8.44. The first-order valence-corrected chi connectivity index (χ1v) is 10.3. The Morgan fingerprint density at radius 2 is 1.59 bits per heavy atom. The Hall–Kier alpha value is -1.76. The first kappa shape index (κ1) is 20.0.